The highest BCUT2D eigenvalue weighted by atomic mass is 16.6. The Labute approximate surface area is 155 Å². The topological polar surface area (TPSA) is 115 Å². The number of amides is 2. The van der Waals surface area contributed by atoms with Crippen molar-refractivity contribution in [3.63, 3.8) is 0 Å². The van der Waals surface area contributed by atoms with Crippen molar-refractivity contribution in [1.29, 1.82) is 0 Å². The lowest BCUT2D eigenvalue weighted by atomic mass is 10.2. The van der Waals surface area contributed by atoms with E-state index in [4.69, 9.17) is 0 Å². The van der Waals surface area contributed by atoms with Crippen molar-refractivity contribution in [3.8, 4) is 0 Å². The number of nitrogens with zero attached hydrogens (tertiary/aromatic N) is 3. The molecular weight excluding hydrogens is 352 g/mol. The average Bonchev–Trinajstić information content (AvgIpc) is 2.66. The van der Waals surface area contributed by atoms with E-state index in [0.717, 1.165) is 28.5 Å². The highest BCUT2D eigenvalue weighted by molar-refractivity contribution is 5.84. The van der Waals surface area contributed by atoms with E-state index in [1.807, 2.05) is 37.3 Å². The van der Waals surface area contributed by atoms with Crippen molar-refractivity contribution >= 4 is 17.5 Å². The third-order valence-corrected chi connectivity index (χ3v) is 3.88. The Morgan fingerprint density at radius 2 is 1.89 bits per heavy atom. The molecule has 142 valence electrons. The minimum atomic E-state index is -0.653. The van der Waals surface area contributed by atoms with Crippen LogP contribution in [0.1, 0.15) is 12.5 Å². The van der Waals surface area contributed by atoms with E-state index in [1.165, 1.54) is 0 Å². The summed E-state index contributed by atoms with van der Waals surface area (Å²) in [7, 11) is 0. The van der Waals surface area contributed by atoms with Gasteiger partial charge in [0.2, 0.25) is 11.8 Å². The first-order valence-electron chi connectivity index (χ1n) is 8.34. The number of nitro groups is 1. The second-order valence-electron chi connectivity index (χ2n) is 5.78. The van der Waals surface area contributed by atoms with Crippen molar-refractivity contribution in [2.75, 3.05) is 13.1 Å². The number of benzene rings is 1. The van der Waals surface area contributed by atoms with Gasteiger partial charge in [-0.05, 0) is 12.5 Å². The summed E-state index contributed by atoms with van der Waals surface area (Å²) in [5.41, 5.74) is 0.141. The highest BCUT2D eigenvalue weighted by Crippen LogP contribution is 2.06. The minimum absolute atomic E-state index is 0.219. The number of rotatable bonds is 8. The first-order chi connectivity index (χ1) is 12.9. The molecule has 0 bridgehead atoms. The van der Waals surface area contributed by atoms with Crippen molar-refractivity contribution in [2.24, 2.45) is 0 Å². The van der Waals surface area contributed by atoms with Crippen LogP contribution in [0.2, 0.25) is 0 Å². The smallest absolute Gasteiger partial charge is 0.285 e. The van der Waals surface area contributed by atoms with Gasteiger partial charge in [0.1, 0.15) is 6.54 Å². The third-order valence-electron chi connectivity index (χ3n) is 3.88. The summed E-state index contributed by atoms with van der Waals surface area (Å²) in [5, 5.41) is 13.2. The fraction of sp³-hybridized carbons (Fsp3) is 0.278. The molecule has 0 radical (unpaired) electrons. The predicted octanol–water partition coefficient (Wildman–Crippen LogP) is 0.921. The molecule has 1 N–H and O–H groups in total. The van der Waals surface area contributed by atoms with Gasteiger partial charge >= 0.3 is 0 Å². The van der Waals surface area contributed by atoms with Crippen LogP contribution in [0.3, 0.4) is 0 Å². The average molecular weight is 372 g/mol. The van der Waals surface area contributed by atoms with Crippen molar-refractivity contribution in [2.45, 2.75) is 20.0 Å². The summed E-state index contributed by atoms with van der Waals surface area (Å²) < 4.78 is 0.930. The second-order valence-corrected chi connectivity index (χ2v) is 5.78. The molecule has 0 aliphatic carbocycles. The van der Waals surface area contributed by atoms with Crippen LogP contribution in [0.25, 0.3) is 0 Å². The summed E-state index contributed by atoms with van der Waals surface area (Å²) in [6.45, 7) is 2.12. The molecule has 0 aliphatic rings. The van der Waals surface area contributed by atoms with Crippen LogP contribution in [0, 0.1) is 10.1 Å². The molecule has 0 aliphatic heterocycles. The molecule has 1 aromatic heterocycles. The Morgan fingerprint density at radius 3 is 2.52 bits per heavy atom. The van der Waals surface area contributed by atoms with Gasteiger partial charge in [-0.1, -0.05) is 30.3 Å². The van der Waals surface area contributed by atoms with Gasteiger partial charge in [-0.25, -0.2) is 0 Å². The summed E-state index contributed by atoms with van der Waals surface area (Å²) in [6.07, 6.45) is 0.998. The first-order valence-corrected chi connectivity index (χ1v) is 8.34. The molecule has 2 amide bonds. The largest absolute Gasteiger partial charge is 0.345 e. The number of nitrogens with one attached hydrogen (secondary N) is 1. The molecule has 1 aromatic carbocycles. The van der Waals surface area contributed by atoms with Gasteiger partial charge in [0.05, 0.1) is 17.7 Å². The Bertz CT molecular complexity index is 879. The van der Waals surface area contributed by atoms with Gasteiger partial charge in [-0.3, -0.25) is 29.1 Å². The van der Waals surface area contributed by atoms with E-state index < -0.39 is 22.9 Å². The molecular formula is C18H20N4O5. The normalized spacial score (nSPS) is 10.3. The van der Waals surface area contributed by atoms with E-state index in [-0.39, 0.29) is 18.1 Å². The molecule has 1 heterocycles. The predicted molar refractivity (Wildman–Crippen MR) is 97.9 cm³/mol. The highest BCUT2D eigenvalue weighted by Gasteiger charge is 2.15. The standard InChI is InChI=1S/C18H20N4O5/c1-2-20(11-14-6-4-3-5-7-14)18(25)10-19-16(23)13-21-12-15(22(26)27)8-9-17(21)24/h3-9,12H,2,10-11,13H2,1H3,(H,19,23). The molecule has 2 aromatic rings. The van der Waals surface area contributed by atoms with Crippen LogP contribution in [0.15, 0.2) is 53.5 Å². The van der Waals surface area contributed by atoms with Gasteiger partial charge in [0.25, 0.3) is 11.2 Å². The summed E-state index contributed by atoms with van der Waals surface area (Å²) in [6, 6.07) is 11.6. The van der Waals surface area contributed by atoms with Crippen molar-refractivity contribution in [3.05, 3.63) is 74.7 Å². The SMILES string of the molecule is CCN(Cc1ccccc1)C(=O)CNC(=O)Cn1cc([N+](=O)[O-])ccc1=O. The molecule has 0 saturated carbocycles. The van der Waals surface area contributed by atoms with E-state index in [9.17, 15) is 24.5 Å². The van der Waals surface area contributed by atoms with Crippen molar-refractivity contribution < 1.29 is 14.5 Å². The number of carbonyl (C=O) groups excluding carboxylic acids is 2. The van der Waals surface area contributed by atoms with E-state index in [1.54, 1.807) is 4.90 Å². The maximum Gasteiger partial charge on any atom is 0.285 e. The Morgan fingerprint density at radius 1 is 1.19 bits per heavy atom. The molecule has 27 heavy (non-hydrogen) atoms. The Balaban J connectivity index is 1.92. The zero-order chi connectivity index (χ0) is 19.8. The number of carbonyl (C=O) groups is 2. The fourth-order valence-corrected chi connectivity index (χ4v) is 2.43. The van der Waals surface area contributed by atoms with Crippen LogP contribution in [-0.4, -0.2) is 39.3 Å². The quantitative estimate of drug-likeness (QED) is 0.547. The van der Waals surface area contributed by atoms with Gasteiger partial charge in [0.15, 0.2) is 0 Å². The molecule has 2 rings (SSSR count). The molecule has 0 saturated heterocycles. The maximum atomic E-state index is 12.3. The van der Waals surface area contributed by atoms with Crippen LogP contribution in [-0.2, 0) is 22.7 Å². The maximum absolute atomic E-state index is 12.3. The van der Waals surface area contributed by atoms with Crippen LogP contribution < -0.4 is 10.9 Å². The molecule has 0 fully saturated rings. The zero-order valence-corrected chi connectivity index (χ0v) is 14.8. The number of likely N-dealkylation sites (N-methyl/N-ethyl adjacent to an activating group) is 1. The van der Waals surface area contributed by atoms with Gasteiger partial charge in [-0.2, -0.15) is 0 Å². The number of hydrogen-bond acceptors (Lipinski definition) is 5. The van der Waals surface area contributed by atoms with Gasteiger partial charge < -0.3 is 10.2 Å². The van der Waals surface area contributed by atoms with E-state index in [2.05, 4.69) is 5.32 Å². The van der Waals surface area contributed by atoms with E-state index >= 15 is 0 Å². The molecule has 9 nitrogen and oxygen atoms in total. The number of aromatic nitrogens is 1. The van der Waals surface area contributed by atoms with Gasteiger partial charge in [0, 0.05) is 25.2 Å². The summed E-state index contributed by atoms with van der Waals surface area (Å²) in [5.74, 6) is -0.845. The van der Waals surface area contributed by atoms with Crippen molar-refractivity contribution in [1.82, 2.24) is 14.8 Å². The van der Waals surface area contributed by atoms with Crippen LogP contribution in [0.4, 0.5) is 5.69 Å². The summed E-state index contributed by atoms with van der Waals surface area (Å²) >= 11 is 0. The number of hydrogen-bond donors (Lipinski definition) is 1. The minimum Gasteiger partial charge on any atom is -0.345 e. The number of pyridine rings is 1. The molecule has 0 spiro atoms. The lowest BCUT2D eigenvalue weighted by molar-refractivity contribution is -0.385. The summed E-state index contributed by atoms with van der Waals surface area (Å²) in [4.78, 5) is 47.7. The Kier molecular flexibility index (Phi) is 6.81. The lowest BCUT2D eigenvalue weighted by Crippen LogP contribution is -2.41. The Hall–Kier alpha value is -3.49. The monoisotopic (exact) mass is 372 g/mol. The van der Waals surface area contributed by atoms with Crippen LogP contribution in [0.5, 0.6) is 0 Å². The molecule has 0 unspecified atom stereocenters. The second kappa shape index (κ2) is 9.27. The van der Waals surface area contributed by atoms with E-state index in [0.29, 0.717) is 13.1 Å². The fourth-order valence-electron chi connectivity index (χ4n) is 2.43. The lowest BCUT2D eigenvalue weighted by Gasteiger charge is -2.21. The van der Waals surface area contributed by atoms with Crippen LogP contribution >= 0.6 is 0 Å². The molecule has 0 atom stereocenters. The third kappa shape index (κ3) is 5.77. The zero-order valence-electron chi connectivity index (χ0n) is 14.8. The van der Waals surface area contributed by atoms with Gasteiger partial charge in [-0.15, -0.1) is 0 Å². The first kappa shape index (κ1) is 19.8. The molecule has 9 heteroatoms.